The summed E-state index contributed by atoms with van der Waals surface area (Å²) in [6.07, 6.45) is 3.17. The molecule has 0 bridgehead atoms. The number of ether oxygens (including phenoxy) is 2. The van der Waals surface area contributed by atoms with Crippen molar-refractivity contribution in [3.05, 3.63) is 53.8 Å². The molecule has 9 heteroatoms. The number of anilines is 1. The number of hydrogen-bond donors (Lipinski definition) is 1. The predicted molar refractivity (Wildman–Crippen MR) is 122 cm³/mol. The molecule has 2 saturated heterocycles. The zero-order chi connectivity index (χ0) is 23.4. The van der Waals surface area contributed by atoms with E-state index in [0.29, 0.717) is 37.4 Å². The zero-order valence-electron chi connectivity index (χ0n) is 18.6. The lowest BCUT2D eigenvalue weighted by atomic mass is 9.98. The summed E-state index contributed by atoms with van der Waals surface area (Å²) >= 11 is 0. The maximum Gasteiger partial charge on any atom is 0.243 e. The molecule has 1 N–H and O–H groups in total. The molecule has 2 unspecified atom stereocenters. The van der Waals surface area contributed by atoms with Gasteiger partial charge < -0.3 is 14.8 Å². The molecule has 0 radical (unpaired) electrons. The quantitative estimate of drug-likeness (QED) is 0.658. The minimum Gasteiger partial charge on any atom is -0.489 e. The minimum atomic E-state index is -3.80. The largest absolute Gasteiger partial charge is 0.489 e. The monoisotopic (exact) mass is 476 g/mol. The van der Waals surface area contributed by atoms with Gasteiger partial charge in [-0.15, -0.1) is 0 Å². The summed E-state index contributed by atoms with van der Waals surface area (Å²) in [7, 11) is -3.80. The molecule has 2 fully saturated rings. The molecule has 2 aromatic carbocycles. The Hall–Kier alpha value is -2.49. The summed E-state index contributed by atoms with van der Waals surface area (Å²) in [5.74, 6) is -0.674. The van der Waals surface area contributed by atoms with E-state index in [0.717, 1.165) is 37.1 Å². The van der Waals surface area contributed by atoms with Crippen LogP contribution in [0.3, 0.4) is 0 Å². The summed E-state index contributed by atoms with van der Waals surface area (Å²) in [6.45, 7) is 3.50. The van der Waals surface area contributed by atoms with Crippen LogP contribution >= 0.6 is 0 Å². The molecule has 4 rings (SSSR count). The van der Waals surface area contributed by atoms with Crippen LogP contribution in [-0.2, 0) is 19.6 Å². The molecule has 178 valence electrons. The Morgan fingerprint density at radius 1 is 1.18 bits per heavy atom. The first-order chi connectivity index (χ1) is 15.8. The molecular weight excluding hydrogens is 447 g/mol. The lowest BCUT2D eigenvalue weighted by Gasteiger charge is -2.31. The number of piperidine rings is 1. The van der Waals surface area contributed by atoms with Crippen molar-refractivity contribution in [1.82, 2.24) is 4.31 Å². The van der Waals surface area contributed by atoms with Gasteiger partial charge in [-0.3, -0.25) is 4.79 Å². The van der Waals surface area contributed by atoms with E-state index in [4.69, 9.17) is 9.47 Å². The number of aryl methyl sites for hydroxylation is 1. The minimum absolute atomic E-state index is 0.0216. The van der Waals surface area contributed by atoms with Gasteiger partial charge in [-0.1, -0.05) is 6.07 Å². The van der Waals surface area contributed by atoms with Crippen molar-refractivity contribution in [1.29, 1.82) is 0 Å². The number of benzene rings is 2. The van der Waals surface area contributed by atoms with Gasteiger partial charge in [0.15, 0.2) is 0 Å². The van der Waals surface area contributed by atoms with E-state index < -0.39 is 21.8 Å². The van der Waals surface area contributed by atoms with E-state index in [-0.39, 0.29) is 23.5 Å². The molecule has 0 spiro atoms. The number of halogens is 1. The average Bonchev–Trinajstić information content (AvgIpc) is 3.33. The highest BCUT2D eigenvalue weighted by molar-refractivity contribution is 7.89. The van der Waals surface area contributed by atoms with E-state index in [9.17, 15) is 17.6 Å². The van der Waals surface area contributed by atoms with Gasteiger partial charge in [0.05, 0.1) is 22.6 Å². The Morgan fingerprint density at radius 2 is 1.97 bits per heavy atom. The molecule has 1 amide bonds. The summed E-state index contributed by atoms with van der Waals surface area (Å²) in [4.78, 5) is 13.1. The second kappa shape index (κ2) is 10.2. The molecule has 7 nitrogen and oxygen atoms in total. The van der Waals surface area contributed by atoms with Gasteiger partial charge in [0.2, 0.25) is 15.9 Å². The molecule has 0 aromatic heterocycles. The van der Waals surface area contributed by atoms with Crippen molar-refractivity contribution in [2.24, 2.45) is 5.92 Å². The lowest BCUT2D eigenvalue weighted by molar-refractivity contribution is -0.120. The topological polar surface area (TPSA) is 84.9 Å². The molecule has 2 atom stereocenters. The highest BCUT2D eigenvalue weighted by Gasteiger charge is 2.33. The van der Waals surface area contributed by atoms with Gasteiger partial charge in [0, 0.05) is 19.7 Å². The first-order valence-electron chi connectivity index (χ1n) is 11.2. The van der Waals surface area contributed by atoms with Crippen LogP contribution in [0.4, 0.5) is 10.1 Å². The summed E-state index contributed by atoms with van der Waals surface area (Å²) in [5.41, 5.74) is 1.56. The highest BCUT2D eigenvalue weighted by atomic mass is 32.2. The van der Waals surface area contributed by atoms with E-state index in [2.05, 4.69) is 5.32 Å². The molecule has 2 aliphatic rings. The Kier molecular flexibility index (Phi) is 7.31. The molecule has 2 aliphatic heterocycles. The second-order valence-corrected chi connectivity index (χ2v) is 10.5. The van der Waals surface area contributed by atoms with E-state index in [1.807, 2.05) is 19.1 Å². The van der Waals surface area contributed by atoms with Gasteiger partial charge in [-0.2, -0.15) is 4.31 Å². The van der Waals surface area contributed by atoms with Crippen LogP contribution in [0.1, 0.15) is 31.2 Å². The van der Waals surface area contributed by atoms with Crippen LogP contribution in [0, 0.1) is 18.7 Å². The fraction of sp³-hybridized carbons (Fsp3) is 0.458. The van der Waals surface area contributed by atoms with Crippen molar-refractivity contribution in [2.45, 2.75) is 43.6 Å². The maximum atomic E-state index is 13.2. The SMILES string of the molecule is Cc1ccc(NC(=O)C2CCCN(S(=O)(=O)c3ccc(F)cc3)C2)c(OCC2CCCO2)c1. The lowest BCUT2D eigenvalue weighted by Crippen LogP contribution is -2.43. The molecule has 0 saturated carbocycles. The first-order valence-corrected chi connectivity index (χ1v) is 12.7. The van der Waals surface area contributed by atoms with Crippen LogP contribution in [0.5, 0.6) is 5.75 Å². The maximum absolute atomic E-state index is 13.2. The van der Waals surface area contributed by atoms with Gasteiger partial charge in [-0.05, 0) is 74.6 Å². The fourth-order valence-electron chi connectivity index (χ4n) is 4.18. The van der Waals surface area contributed by atoms with Gasteiger partial charge in [-0.25, -0.2) is 12.8 Å². The van der Waals surface area contributed by atoms with Gasteiger partial charge in [0.1, 0.15) is 18.2 Å². The van der Waals surface area contributed by atoms with Crippen LogP contribution in [0.15, 0.2) is 47.4 Å². The number of rotatable bonds is 7. The smallest absolute Gasteiger partial charge is 0.243 e. The normalized spacial score (nSPS) is 21.6. The summed E-state index contributed by atoms with van der Waals surface area (Å²) in [6, 6.07) is 10.3. The predicted octanol–water partition coefficient (Wildman–Crippen LogP) is 3.73. The average molecular weight is 477 g/mol. The van der Waals surface area contributed by atoms with Crippen LogP contribution in [0.2, 0.25) is 0 Å². The number of amides is 1. The van der Waals surface area contributed by atoms with E-state index in [1.165, 1.54) is 16.4 Å². The Morgan fingerprint density at radius 3 is 2.70 bits per heavy atom. The Balaban J connectivity index is 1.43. The fourth-order valence-corrected chi connectivity index (χ4v) is 5.70. The Labute approximate surface area is 193 Å². The second-order valence-electron chi connectivity index (χ2n) is 8.59. The summed E-state index contributed by atoms with van der Waals surface area (Å²) < 4.78 is 52.0. The van der Waals surface area contributed by atoms with Crippen LogP contribution < -0.4 is 10.1 Å². The number of hydrogen-bond acceptors (Lipinski definition) is 5. The number of sulfonamides is 1. The van der Waals surface area contributed by atoms with Crippen molar-refractivity contribution < 1.29 is 27.1 Å². The molecule has 33 heavy (non-hydrogen) atoms. The van der Waals surface area contributed by atoms with E-state index in [1.54, 1.807) is 6.07 Å². The van der Waals surface area contributed by atoms with Crippen molar-refractivity contribution in [2.75, 3.05) is 31.6 Å². The Bertz CT molecular complexity index is 1080. The highest BCUT2D eigenvalue weighted by Crippen LogP contribution is 2.29. The molecule has 0 aliphatic carbocycles. The third-order valence-electron chi connectivity index (χ3n) is 6.05. The summed E-state index contributed by atoms with van der Waals surface area (Å²) in [5, 5.41) is 2.93. The molecule has 2 heterocycles. The van der Waals surface area contributed by atoms with Crippen LogP contribution in [0.25, 0.3) is 0 Å². The van der Waals surface area contributed by atoms with Gasteiger partial charge >= 0.3 is 0 Å². The third-order valence-corrected chi connectivity index (χ3v) is 7.93. The van der Waals surface area contributed by atoms with Crippen LogP contribution in [-0.4, -0.2) is 51.0 Å². The van der Waals surface area contributed by atoms with Gasteiger partial charge in [0.25, 0.3) is 0 Å². The standard InChI is InChI=1S/C24H29FN2O5S/c1-17-6-11-22(23(14-17)32-16-20-5-3-13-31-20)26-24(28)18-4-2-12-27(15-18)33(29,30)21-9-7-19(25)8-10-21/h6-11,14,18,20H,2-5,12-13,15-16H2,1H3,(H,26,28). The molecular formula is C24H29FN2O5S. The van der Waals surface area contributed by atoms with Crippen molar-refractivity contribution >= 4 is 21.6 Å². The first kappa shape index (κ1) is 23.7. The third kappa shape index (κ3) is 5.72. The number of carbonyl (C=O) groups is 1. The zero-order valence-corrected chi connectivity index (χ0v) is 19.4. The van der Waals surface area contributed by atoms with Crippen molar-refractivity contribution in [3.8, 4) is 5.75 Å². The van der Waals surface area contributed by atoms with Crippen molar-refractivity contribution in [3.63, 3.8) is 0 Å². The molecule has 2 aromatic rings. The van der Waals surface area contributed by atoms with E-state index >= 15 is 0 Å². The number of carbonyl (C=O) groups excluding carboxylic acids is 1. The number of nitrogens with one attached hydrogen (secondary N) is 1. The number of nitrogens with zero attached hydrogens (tertiary/aromatic N) is 1.